The molecule has 7 nitrogen and oxygen atoms in total. The molecule has 1 aromatic heterocycles. The lowest BCUT2D eigenvalue weighted by atomic mass is 10.2. The average Bonchev–Trinajstić information content (AvgIpc) is 3.11. The molecular formula is C18H24N4O3. The van der Waals surface area contributed by atoms with Crippen LogP contribution in [0, 0.1) is 0 Å². The Balaban J connectivity index is 1.51. The van der Waals surface area contributed by atoms with E-state index in [-0.39, 0.29) is 5.91 Å². The fourth-order valence-electron chi connectivity index (χ4n) is 2.89. The van der Waals surface area contributed by atoms with Gasteiger partial charge in [0.2, 0.25) is 5.89 Å². The fraction of sp³-hybridized carbons (Fsp3) is 0.444. The third kappa shape index (κ3) is 4.30. The van der Waals surface area contributed by atoms with Crippen LogP contribution in [0.1, 0.15) is 23.3 Å². The van der Waals surface area contributed by atoms with Crippen LogP contribution in [-0.2, 0) is 6.54 Å². The number of amides is 1. The molecule has 25 heavy (non-hydrogen) atoms. The number of aromatic nitrogens is 1. The number of nitrogens with one attached hydrogen (secondary N) is 1. The Morgan fingerprint density at radius 2 is 1.96 bits per heavy atom. The van der Waals surface area contributed by atoms with E-state index in [9.17, 15) is 4.79 Å². The number of ether oxygens (including phenoxy) is 1. The molecule has 1 aliphatic rings. The van der Waals surface area contributed by atoms with E-state index in [1.165, 1.54) is 12.0 Å². The number of methoxy groups -OCH3 is 1. The summed E-state index contributed by atoms with van der Waals surface area (Å²) < 4.78 is 10.6. The van der Waals surface area contributed by atoms with Crippen molar-refractivity contribution < 1.29 is 13.9 Å². The molecule has 3 rings (SSSR count). The number of hydrogen-bond acceptors (Lipinski definition) is 6. The zero-order valence-corrected chi connectivity index (χ0v) is 14.7. The van der Waals surface area contributed by atoms with Gasteiger partial charge in [-0.25, -0.2) is 4.98 Å². The molecule has 1 saturated heterocycles. The molecule has 1 fully saturated rings. The van der Waals surface area contributed by atoms with Gasteiger partial charge in [0.25, 0.3) is 5.91 Å². The van der Waals surface area contributed by atoms with Crippen molar-refractivity contribution >= 4 is 11.6 Å². The van der Waals surface area contributed by atoms with Gasteiger partial charge in [0.05, 0.1) is 13.7 Å². The number of rotatable bonds is 6. The third-order valence-corrected chi connectivity index (χ3v) is 4.29. The van der Waals surface area contributed by atoms with Crippen LogP contribution in [0.5, 0.6) is 5.75 Å². The van der Waals surface area contributed by atoms with E-state index in [0.29, 0.717) is 24.7 Å². The van der Waals surface area contributed by atoms with Gasteiger partial charge in [-0.15, -0.1) is 0 Å². The highest BCUT2D eigenvalue weighted by molar-refractivity contribution is 5.91. The summed E-state index contributed by atoms with van der Waals surface area (Å²) in [4.78, 5) is 20.6. The molecular weight excluding hydrogens is 320 g/mol. The molecule has 0 spiro atoms. The zero-order valence-electron chi connectivity index (χ0n) is 14.7. The van der Waals surface area contributed by atoms with Crippen LogP contribution < -0.4 is 15.0 Å². The maximum absolute atomic E-state index is 11.7. The number of benzene rings is 1. The molecule has 1 aromatic carbocycles. The lowest BCUT2D eigenvalue weighted by Gasteiger charge is -2.35. The molecule has 0 unspecified atom stereocenters. The van der Waals surface area contributed by atoms with Gasteiger partial charge in [0.15, 0.2) is 5.69 Å². The Morgan fingerprint density at radius 3 is 2.60 bits per heavy atom. The molecule has 1 aliphatic heterocycles. The normalized spacial score (nSPS) is 15.2. The lowest BCUT2D eigenvalue weighted by molar-refractivity contribution is 0.0950. The van der Waals surface area contributed by atoms with E-state index in [1.54, 1.807) is 7.11 Å². The number of oxazole rings is 1. The second kappa shape index (κ2) is 8.02. The van der Waals surface area contributed by atoms with Crippen LogP contribution in [0.2, 0.25) is 0 Å². The maximum Gasteiger partial charge on any atom is 0.273 e. The van der Waals surface area contributed by atoms with E-state index < -0.39 is 0 Å². The van der Waals surface area contributed by atoms with Crippen molar-refractivity contribution in [1.29, 1.82) is 0 Å². The Kier molecular flexibility index (Phi) is 5.55. The van der Waals surface area contributed by atoms with Crippen molar-refractivity contribution in [1.82, 2.24) is 15.2 Å². The van der Waals surface area contributed by atoms with E-state index in [1.807, 2.05) is 19.1 Å². The summed E-state index contributed by atoms with van der Waals surface area (Å²) in [5.41, 5.74) is 1.55. The van der Waals surface area contributed by atoms with Crippen LogP contribution in [0.15, 0.2) is 34.9 Å². The van der Waals surface area contributed by atoms with Gasteiger partial charge in [-0.05, 0) is 31.2 Å². The first-order valence-electron chi connectivity index (χ1n) is 8.53. The zero-order chi connectivity index (χ0) is 17.6. The van der Waals surface area contributed by atoms with Gasteiger partial charge in [0.1, 0.15) is 12.0 Å². The SMILES string of the molecule is CCNC(=O)c1coc(CN2CCN(c3ccc(OC)cc3)CC2)n1. The topological polar surface area (TPSA) is 70.8 Å². The predicted molar refractivity (Wildman–Crippen MR) is 95.0 cm³/mol. The Bertz CT molecular complexity index is 691. The highest BCUT2D eigenvalue weighted by Crippen LogP contribution is 2.21. The van der Waals surface area contributed by atoms with E-state index in [0.717, 1.165) is 31.9 Å². The second-order valence-corrected chi connectivity index (χ2v) is 5.95. The molecule has 2 heterocycles. The van der Waals surface area contributed by atoms with E-state index in [2.05, 4.69) is 32.2 Å². The first-order chi connectivity index (χ1) is 12.2. The third-order valence-electron chi connectivity index (χ3n) is 4.29. The number of anilines is 1. The monoisotopic (exact) mass is 344 g/mol. The van der Waals surface area contributed by atoms with Gasteiger partial charge >= 0.3 is 0 Å². The van der Waals surface area contributed by atoms with Crippen LogP contribution in [0.25, 0.3) is 0 Å². The van der Waals surface area contributed by atoms with Gasteiger partial charge in [-0.3, -0.25) is 9.69 Å². The maximum atomic E-state index is 11.7. The van der Waals surface area contributed by atoms with Gasteiger partial charge < -0.3 is 19.4 Å². The summed E-state index contributed by atoms with van der Waals surface area (Å²) in [7, 11) is 1.67. The smallest absolute Gasteiger partial charge is 0.273 e. The van der Waals surface area contributed by atoms with Crippen molar-refractivity contribution in [3.8, 4) is 5.75 Å². The molecule has 1 amide bonds. The Morgan fingerprint density at radius 1 is 1.24 bits per heavy atom. The summed E-state index contributed by atoms with van der Waals surface area (Å²) in [6.45, 7) is 6.80. The van der Waals surface area contributed by atoms with Gasteiger partial charge in [-0.2, -0.15) is 0 Å². The second-order valence-electron chi connectivity index (χ2n) is 5.95. The Hall–Kier alpha value is -2.54. The molecule has 134 valence electrons. The average molecular weight is 344 g/mol. The summed E-state index contributed by atoms with van der Waals surface area (Å²) in [6, 6.07) is 8.14. The molecule has 0 bridgehead atoms. The van der Waals surface area contributed by atoms with Crippen LogP contribution >= 0.6 is 0 Å². The van der Waals surface area contributed by atoms with Gasteiger partial charge in [0, 0.05) is 38.4 Å². The van der Waals surface area contributed by atoms with Crippen molar-refractivity contribution in [2.24, 2.45) is 0 Å². The fourth-order valence-corrected chi connectivity index (χ4v) is 2.89. The molecule has 2 aromatic rings. The first-order valence-corrected chi connectivity index (χ1v) is 8.53. The summed E-state index contributed by atoms with van der Waals surface area (Å²) >= 11 is 0. The van der Waals surface area contributed by atoms with Crippen molar-refractivity contribution in [3.63, 3.8) is 0 Å². The quantitative estimate of drug-likeness (QED) is 0.861. The number of carbonyl (C=O) groups is 1. The number of carbonyl (C=O) groups excluding carboxylic acids is 1. The van der Waals surface area contributed by atoms with Crippen LogP contribution in [0.4, 0.5) is 5.69 Å². The van der Waals surface area contributed by atoms with Crippen LogP contribution in [0.3, 0.4) is 0 Å². The minimum atomic E-state index is -0.193. The molecule has 7 heteroatoms. The summed E-state index contributed by atoms with van der Waals surface area (Å²) in [5, 5.41) is 2.72. The Labute approximate surface area is 147 Å². The molecule has 1 N–H and O–H groups in total. The van der Waals surface area contributed by atoms with E-state index >= 15 is 0 Å². The highest BCUT2D eigenvalue weighted by atomic mass is 16.5. The lowest BCUT2D eigenvalue weighted by Crippen LogP contribution is -2.46. The van der Waals surface area contributed by atoms with Crippen molar-refractivity contribution in [2.75, 3.05) is 44.7 Å². The minimum Gasteiger partial charge on any atom is -0.497 e. The summed E-state index contributed by atoms with van der Waals surface area (Å²) in [6.07, 6.45) is 1.42. The summed E-state index contributed by atoms with van der Waals surface area (Å²) in [5.74, 6) is 1.26. The molecule has 0 saturated carbocycles. The highest BCUT2D eigenvalue weighted by Gasteiger charge is 2.20. The molecule has 0 aliphatic carbocycles. The van der Waals surface area contributed by atoms with Crippen molar-refractivity contribution in [2.45, 2.75) is 13.5 Å². The number of hydrogen-bond donors (Lipinski definition) is 1. The first kappa shape index (κ1) is 17.3. The van der Waals surface area contributed by atoms with E-state index in [4.69, 9.17) is 9.15 Å². The molecule has 0 atom stereocenters. The predicted octanol–water partition coefficient (Wildman–Crippen LogP) is 1.76. The standard InChI is InChI=1S/C18H24N4O3/c1-3-19-18(23)16-13-25-17(20-16)12-21-8-10-22(11-9-21)14-4-6-15(24-2)7-5-14/h4-7,13H,3,8-12H2,1-2H3,(H,19,23). The van der Waals surface area contributed by atoms with Crippen LogP contribution in [-0.4, -0.2) is 55.6 Å². The molecule has 0 radical (unpaired) electrons. The van der Waals surface area contributed by atoms with Gasteiger partial charge in [-0.1, -0.05) is 0 Å². The number of piperazine rings is 1. The largest absolute Gasteiger partial charge is 0.497 e. The number of nitrogens with zero attached hydrogens (tertiary/aromatic N) is 3. The minimum absolute atomic E-state index is 0.193. The van der Waals surface area contributed by atoms with Crippen molar-refractivity contribution in [3.05, 3.63) is 42.1 Å².